The topological polar surface area (TPSA) is 54.0 Å². The Bertz CT molecular complexity index is 443. The summed E-state index contributed by atoms with van der Waals surface area (Å²) in [4.78, 5) is 16.1. The quantitative estimate of drug-likeness (QED) is 0.825. The second-order valence-electron chi connectivity index (χ2n) is 5.53. The lowest BCUT2D eigenvalue weighted by Gasteiger charge is -2.09. The second kappa shape index (κ2) is 6.55. The van der Waals surface area contributed by atoms with Crippen LogP contribution in [0.15, 0.2) is 12.1 Å². The Balaban J connectivity index is 1.72. The first-order valence-electron chi connectivity index (χ1n) is 7.14. The van der Waals surface area contributed by atoms with E-state index in [1.165, 1.54) is 17.7 Å². The molecule has 0 spiro atoms. The van der Waals surface area contributed by atoms with E-state index in [1.54, 1.807) is 0 Å². The molecule has 0 atom stereocenters. The number of nitrogens with zero attached hydrogens (tertiary/aromatic N) is 1. The Morgan fingerprint density at radius 3 is 3.00 bits per heavy atom. The van der Waals surface area contributed by atoms with Crippen LogP contribution in [0.5, 0.6) is 0 Å². The summed E-state index contributed by atoms with van der Waals surface area (Å²) in [5, 5.41) is 6.13. The third-order valence-corrected chi connectivity index (χ3v) is 3.29. The van der Waals surface area contributed by atoms with Crippen LogP contribution in [0, 0.1) is 5.92 Å². The van der Waals surface area contributed by atoms with Crippen molar-refractivity contribution in [3.05, 3.63) is 23.4 Å². The molecule has 1 aromatic heterocycles. The van der Waals surface area contributed by atoms with Crippen molar-refractivity contribution in [2.75, 3.05) is 18.4 Å². The lowest BCUT2D eigenvalue weighted by Crippen LogP contribution is -2.28. The fraction of sp³-hybridized carbons (Fsp3) is 0.600. The van der Waals surface area contributed by atoms with Gasteiger partial charge in [-0.2, -0.15) is 0 Å². The van der Waals surface area contributed by atoms with Crippen LogP contribution in [-0.4, -0.2) is 24.0 Å². The number of aryl methyl sites for hydroxylation is 2. The summed E-state index contributed by atoms with van der Waals surface area (Å²) < 4.78 is 0. The van der Waals surface area contributed by atoms with Gasteiger partial charge in [0.15, 0.2) is 0 Å². The molecule has 0 aliphatic heterocycles. The van der Waals surface area contributed by atoms with Crippen molar-refractivity contribution in [1.29, 1.82) is 0 Å². The van der Waals surface area contributed by atoms with Gasteiger partial charge in [-0.25, -0.2) is 4.98 Å². The van der Waals surface area contributed by atoms with Crippen LogP contribution in [0.3, 0.4) is 0 Å². The van der Waals surface area contributed by atoms with E-state index in [1.807, 2.05) is 6.07 Å². The van der Waals surface area contributed by atoms with Gasteiger partial charge >= 0.3 is 0 Å². The summed E-state index contributed by atoms with van der Waals surface area (Å²) in [6.07, 6.45) is 3.94. The SMILES string of the molecule is CC(C)CNC(=O)CCNc1ccc2c(n1)CCC2. The molecular weight excluding hydrogens is 238 g/mol. The second-order valence-corrected chi connectivity index (χ2v) is 5.53. The summed E-state index contributed by atoms with van der Waals surface area (Å²) in [5.74, 6) is 1.48. The molecule has 1 aliphatic rings. The van der Waals surface area contributed by atoms with E-state index in [0.29, 0.717) is 18.9 Å². The third-order valence-electron chi connectivity index (χ3n) is 3.29. The minimum atomic E-state index is 0.0994. The van der Waals surface area contributed by atoms with E-state index in [2.05, 4.69) is 35.5 Å². The molecular formula is C15H23N3O. The number of hydrogen-bond donors (Lipinski definition) is 2. The Labute approximate surface area is 115 Å². The zero-order valence-electron chi connectivity index (χ0n) is 11.8. The number of rotatable bonds is 6. The lowest BCUT2D eigenvalue weighted by molar-refractivity contribution is -0.120. The van der Waals surface area contributed by atoms with Gasteiger partial charge in [0.25, 0.3) is 0 Å². The normalized spacial score (nSPS) is 13.4. The van der Waals surface area contributed by atoms with Gasteiger partial charge in [0.2, 0.25) is 5.91 Å². The molecule has 1 aromatic rings. The number of pyridine rings is 1. The molecule has 4 heteroatoms. The summed E-state index contributed by atoms with van der Waals surface area (Å²) in [6, 6.07) is 4.16. The third kappa shape index (κ3) is 4.23. The van der Waals surface area contributed by atoms with Crippen LogP contribution in [0.25, 0.3) is 0 Å². The van der Waals surface area contributed by atoms with Gasteiger partial charge in [0, 0.05) is 25.2 Å². The van der Waals surface area contributed by atoms with Gasteiger partial charge in [-0.15, -0.1) is 0 Å². The van der Waals surface area contributed by atoms with Crippen LogP contribution < -0.4 is 10.6 Å². The largest absolute Gasteiger partial charge is 0.370 e. The number of carbonyl (C=O) groups is 1. The van der Waals surface area contributed by atoms with Crippen LogP contribution in [-0.2, 0) is 17.6 Å². The molecule has 2 N–H and O–H groups in total. The molecule has 0 bridgehead atoms. The van der Waals surface area contributed by atoms with Crippen LogP contribution in [0.2, 0.25) is 0 Å². The Morgan fingerprint density at radius 2 is 2.21 bits per heavy atom. The maximum Gasteiger partial charge on any atom is 0.221 e. The van der Waals surface area contributed by atoms with E-state index in [9.17, 15) is 4.79 Å². The average molecular weight is 261 g/mol. The van der Waals surface area contributed by atoms with E-state index >= 15 is 0 Å². The van der Waals surface area contributed by atoms with E-state index in [4.69, 9.17) is 0 Å². The van der Waals surface area contributed by atoms with Crippen molar-refractivity contribution >= 4 is 11.7 Å². The molecule has 0 radical (unpaired) electrons. The predicted molar refractivity (Wildman–Crippen MR) is 77.2 cm³/mol. The summed E-state index contributed by atoms with van der Waals surface area (Å²) in [7, 11) is 0. The average Bonchev–Trinajstić information content (AvgIpc) is 2.83. The van der Waals surface area contributed by atoms with Crippen molar-refractivity contribution in [2.45, 2.75) is 39.5 Å². The summed E-state index contributed by atoms with van der Waals surface area (Å²) >= 11 is 0. The number of fused-ring (bicyclic) bond motifs is 1. The molecule has 1 heterocycles. The zero-order valence-corrected chi connectivity index (χ0v) is 11.8. The number of carbonyl (C=O) groups excluding carboxylic acids is 1. The highest BCUT2D eigenvalue weighted by atomic mass is 16.1. The van der Waals surface area contributed by atoms with Gasteiger partial charge in [-0.05, 0) is 36.8 Å². The molecule has 0 fully saturated rings. The number of amides is 1. The van der Waals surface area contributed by atoms with Crippen molar-refractivity contribution < 1.29 is 4.79 Å². The predicted octanol–water partition coefficient (Wildman–Crippen LogP) is 2.14. The van der Waals surface area contributed by atoms with Crippen molar-refractivity contribution in [3.63, 3.8) is 0 Å². The van der Waals surface area contributed by atoms with Gasteiger partial charge in [-0.1, -0.05) is 19.9 Å². The molecule has 1 amide bonds. The minimum Gasteiger partial charge on any atom is -0.370 e. The fourth-order valence-corrected chi connectivity index (χ4v) is 2.23. The van der Waals surface area contributed by atoms with Crippen LogP contribution in [0.4, 0.5) is 5.82 Å². The highest BCUT2D eigenvalue weighted by Gasteiger charge is 2.12. The highest BCUT2D eigenvalue weighted by Crippen LogP contribution is 2.21. The first-order valence-corrected chi connectivity index (χ1v) is 7.14. The molecule has 4 nitrogen and oxygen atoms in total. The molecule has 19 heavy (non-hydrogen) atoms. The monoisotopic (exact) mass is 261 g/mol. The van der Waals surface area contributed by atoms with Crippen LogP contribution >= 0.6 is 0 Å². The molecule has 0 unspecified atom stereocenters. The minimum absolute atomic E-state index is 0.0994. The molecule has 0 saturated carbocycles. The molecule has 2 rings (SSSR count). The maximum absolute atomic E-state index is 11.6. The Kier molecular flexibility index (Phi) is 4.77. The highest BCUT2D eigenvalue weighted by molar-refractivity contribution is 5.76. The van der Waals surface area contributed by atoms with E-state index in [0.717, 1.165) is 25.2 Å². The Hall–Kier alpha value is -1.58. The standard InChI is InChI=1S/C15H23N3O/c1-11(2)10-17-15(19)8-9-16-14-7-6-12-4-3-5-13(12)18-14/h6-7,11H,3-5,8-10H2,1-2H3,(H,16,18)(H,17,19). The number of hydrogen-bond acceptors (Lipinski definition) is 3. The van der Waals surface area contributed by atoms with Crippen molar-refractivity contribution in [3.8, 4) is 0 Å². The Morgan fingerprint density at radius 1 is 1.37 bits per heavy atom. The van der Waals surface area contributed by atoms with E-state index < -0.39 is 0 Å². The van der Waals surface area contributed by atoms with Gasteiger partial charge in [0.1, 0.15) is 5.82 Å². The first kappa shape index (κ1) is 13.8. The van der Waals surface area contributed by atoms with Crippen molar-refractivity contribution in [2.24, 2.45) is 5.92 Å². The summed E-state index contributed by atoms with van der Waals surface area (Å²) in [5.41, 5.74) is 2.59. The molecule has 104 valence electrons. The number of aromatic nitrogens is 1. The first-order chi connectivity index (χ1) is 9.15. The van der Waals surface area contributed by atoms with Gasteiger partial charge < -0.3 is 10.6 Å². The molecule has 0 aromatic carbocycles. The lowest BCUT2D eigenvalue weighted by atomic mass is 10.2. The summed E-state index contributed by atoms with van der Waals surface area (Å²) in [6.45, 7) is 5.56. The smallest absolute Gasteiger partial charge is 0.221 e. The fourth-order valence-electron chi connectivity index (χ4n) is 2.23. The number of nitrogens with one attached hydrogen (secondary N) is 2. The van der Waals surface area contributed by atoms with Gasteiger partial charge in [-0.3, -0.25) is 4.79 Å². The van der Waals surface area contributed by atoms with Crippen LogP contribution in [0.1, 0.15) is 37.9 Å². The molecule has 1 aliphatic carbocycles. The number of anilines is 1. The van der Waals surface area contributed by atoms with Crippen molar-refractivity contribution in [1.82, 2.24) is 10.3 Å². The zero-order chi connectivity index (χ0) is 13.7. The van der Waals surface area contributed by atoms with E-state index in [-0.39, 0.29) is 5.91 Å². The van der Waals surface area contributed by atoms with Gasteiger partial charge in [0.05, 0.1) is 0 Å². The molecule has 0 saturated heterocycles. The maximum atomic E-state index is 11.6.